The predicted octanol–water partition coefficient (Wildman–Crippen LogP) is 4.41. The predicted molar refractivity (Wildman–Crippen MR) is 161 cm³/mol. The molecule has 0 radical (unpaired) electrons. The summed E-state index contributed by atoms with van der Waals surface area (Å²) in [5, 5.41) is 2.85. The highest BCUT2D eigenvalue weighted by atomic mass is 35.5. The zero-order valence-corrected chi connectivity index (χ0v) is 25.5. The first-order valence-electron chi connectivity index (χ1n) is 13.3. The highest BCUT2D eigenvalue weighted by Gasteiger charge is 2.32. The molecule has 2 aromatic carbocycles. The van der Waals surface area contributed by atoms with Gasteiger partial charge >= 0.3 is 11.9 Å². The van der Waals surface area contributed by atoms with Crippen molar-refractivity contribution in [3.8, 4) is 5.75 Å². The Labute approximate surface area is 247 Å². The lowest BCUT2D eigenvalue weighted by Crippen LogP contribution is -2.44. The van der Waals surface area contributed by atoms with E-state index in [1.54, 1.807) is 6.07 Å². The summed E-state index contributed by atoms with van der Waals surface area (Å²) >= 11 is 11.8. The van der Waals surface area contributed by atoms with Crippen molar-refractivity contribution in [2.45, 2.75) is 58.4 Å². The van der Waals surface area contributed by atoms with Gasteiger partial charge in [0.1, 0.15) is 11.8 Å². The maximum Gasteiger partial charge on any atom is 0.328 e. The van der Waals surface area contributed by atoms with Gasteiger partial charge in [-0.1, -0.05) is 32.0 Å². The molecule has 0 bridgehead atoms. The molecule has 8 nitrogen and oxygen atoms in total. The molecule has 0 saturated carbocycles. The summed E-state index contributed by atoms with van der Waals surface area (Å²) in [6.07, 6.45) is 0.402. The second-order valence-electron chi connectivity index (χ2n) is 10.4. The van der Waals surface area contributed by atoms with Gasteiger partial charge in [-0.15, -0.1) is 23.2 Å². The first-order chi connectivity index (χ1) is 18.9. The number of halogens is 2. The molecule has 0 heterocycles. The minimum absolute atomic E-state index is 0.0522. The van der Waals surface area contributed by atoms with Crippen LogP contribution < -0.4 is 20.7 Å². The Balaban J connectivity index is 2.22. The van der Waals surface area contributed by atoms with Gasteiger partial charge in [-0.05, 0) is 48.7 Å². The van der Waals surface area contributed by atoms with Crippen LogP contribution in [0.4, 0.5) is 5.69 Å². The van der Waals surface area contributed by atoms with E-state index in [1.165, 1.54) is 7.11 Å². The van der Waals surface area contributed by atoms with Gasteiger partial charge in [0.05, 0.1) is 13.5 Å². The lowest BCUT2D eigenvalue weighted by atomic mass is 9.78. The summed E-state index contributed by atoms with van der Waals surface area (Å²) < 4.78 is 10.6. The van der Waals surface area contributed by atoms with Crippen LogP contribution in [0.25, 0.3) is 0 Å². The topological polar surface area (TPSA) is 111 Å². The molecule has 0 aliphatic heterocycles. The Morgan fingerprint density at radius 3 is 2.23 bits per heavy atom. The fourth-order valence-corrected chi connectivity index (χ4v) is 5.30. The normalized spacial score (nSPS) is 12.0. The molecule has 3 N–H and O–H groups in total. The van der Waals surface area contributed by atoms with Crippen LogP contribution in [0.5, 0.6) is 5.75 Å². The Morgan fingerprint density at radius 2 is 1.68 bits per heavy atom. The van der Waals surface area contributed by atoms with Gasteiger partial charge < -0.3 is 25.4 Å². The summed E-state index contributed by atoms with van der Waals surface area (Å²) in [5.41, 5.74) is 9.22. The van der Waals surface area contributed by atoms with Crippen molar-refractivity contribution in [3.05, 3.63) is 58.7 Å². The number of benzene rings is 2. The Bertz CT molecular complexity index is 1150. The number of aryl methyl sites for hydroxylation is 2. The number of nitrogens with two attached hydrogens (primary N) is 1. The van der Waals surface area contributed by atoms with E-state index in [1.807, 2.05) is 58.0 Å². The smallest absolute Gasteiger partial charge is 0.328 e. The number of carbonyl (C=O) groups excluding carboxylic acids is 3. The first-order valence-corrected chi connectivity index (χ1v) is 14.4. The van der Waals surface area contributed by atoms with Gasteiger partial charge in [-0.25, -0.2) is 4.79 Å². The molecule has 220 valence electrons. The van der Waals surface area contributed by atoms with Crippen molar-refractivity contribution < 1.29 is 23.9 Å². The van der Waals surface area contributed by atoms with Crippen molar-refractivity contribution in [2.24, 2.45) is 5.73 Å². The highest BCUT2D eigenvalue weighted by Crippen LogP contribution is 2.38. The lowest BCUT2D eigenvalue weighted by Gasteiger charge is -2.29. The lowest BCUT2D eigenvalue weighted by molar-refractivity contribution is -0.145. The summed E-state index contributed by atoms with van der Waals surface area (Å²) in [5.74, 6) is 0.0710. The average Bonchev–Trinajstić information content (AvgIpc) is 2.87. The molecule has 1 amide bonds. The first kappa shape index (κ1) is 33.4. The summed E-state index contributed by atoms with van der Waals surface area (Å²) in [6.45, 7) is 9.16. The minimum atomic E-state index is -0.873. The molecule has 0 fully saturated rings. The van der Waals surface area contributed by atoms with Gasteiger partial charge in [-0.2, -0.15) is 0 Å². The average molecular weight is 595 g/mol. The van der Waals surface area contributed by atoms with E-state index in [9.17, 15) is 14.4 Å². The fourth-order valence-electron chi connectivity index (χ4n) is 4.89. The number of methoxy groups -OCH3 is 1. The third-order valence-electron chi connectivity index (χ3n) is 6.57. The third kappa shape index (κ3) is 9.68. The summed E-state index contributed by atoms with van der Waals surface area (Å²) in [7, 11) is 1.29. The SMILES string of the molecule is COC(=O)[C@H](Cc1ccc(N(CCCl)CCCl)cc1)NC(=O)CC(C)(C)c1c(C)cc(C)cc1OC(=O)CCN. The van der Waals surface area contributed by atoms with Crippen molar-refractivity contribution in [1.82, 2.24) is 5.32 Å². The molecule has 0 spiro atoms. The number of alkyl halides is 2. The molecule has 1 atom stereocenters. The van der Waals surface area contributed by atoms with Crippen LogP contribution >= 0.6 is 23.2 Å². The van der Waals surface area contributed by atoms with Crippen molar-refractivity contribution >= 4 is 46.7 Å². The molecule has 0 aliphatic rings. The third-order valence-corrected chi connectivity index (χ3v) is 6.90. The van der Waals surface area contributed by atoms with Crippen LogP contribution in [0.15, 0.2) is 36.4 Å². The number of hydrogen-bond acceptors (Lipinski definition) is 7. The van der Waals surface area contributed by atoms with Gasteiger partial charge in [0.15, 0.2) is 0 Å². The zero-order chi connectivity index (χ0) is 29.9. The Hall–Kier alpha value is -2.81. The number of anilines is 1. The summed E-state index contributed by atoms with van der Waals surface area (Å²) in [4.78, 5) is 40.2. The van der Waals surface area contributed by atoms with E-state index in [2.05, 4.69) is 10.2 Å². The molecular weight excluding hydrogens is 553 g/mol. The number of ether oxygens (including phenoxy) is 2. The quantitative estimate of drug-likeness (QED) is 0.179. The largest absolute Gasteiger partial charge is 0.467 e. The molecule has 40 heavy (non-hydrogen) atoms. The van der Waals surface area contributed by atoms with Gasteiger partial charge in [0.25, 0.3) is 0 Å². The monoisotopic (exact) mass is 593 g/mol. The Kier molecular flexibility index (Phi) is 13.2. The van der Waals surface area contributed by atoms with Crippen LogP contribution in [-0.2, 0) is 31.0 Å². The van der Waals surface area contributed by atoms with Crippen LogP contribution in [-0.4, -0.2) is 62.4 Å². The maximum absolute atomic E-state index is 13.3. The standard InChI is InChI=1S/C30H41Cl2N3O5/c1-20-16-21(2)28(25(17-20)40-27(37)10-13-33)30(3,4)19-26(36)34-24(29(38)39-5)18-22-6-8-23(9-7-22)35(14-11-31)15-12-32/h6-9,16-17,24H,10-15,18-19,33H2,1-5H3,(H,34,36)/t24-/m0/s1. The fraction of sp³-hybridized carbons (Fsp3) is 0.500. The van der Waals surface area contributed by atoms with Gasteiger partial charge in [0.2, 0.25) is 5.91 Å². The van der Waals surface area contributed by atoms with Crippen LogP contribution in [0, 0.1) is 13.8 Å². The highest BCUT2D eigenvalue weighted by molar-refractivity contribution is 6.18. The minimum Gasteiger partial charge on any atom is -0.467 e. The van der Waals surface area contributed by atoms with Crippen LogP contribution in [0.1, 0.15) is 48.9 Å². The molecule has 10 heteroatoms. The molecule has 0 aromatic heterocycles. The van der Waals surface area contributed by atoms with Gasteiger partial charge in [-0.3, -0.25) is 9.59 Å². The van der Waals surface area contributed by atoms with E-state index < -0.39 is 23.4 Å². The number of amides is 1. The molecular formula is C30H41Cl2N3O5. The van der Waals surface area contributed by atoms with E-state index in [0.29, 0.717) is 30.6 Å². The number of carbonyl (C=O) groups is 3. The van der Waals surface area contributed by atoms with Crippen molar-refractivity contribution in [2.75, 3.05) is 43.4 Å². The number of nitrogens with one attached hydrogen (secondary N) is 1. The second-order valence-corrected chi connectivity index (χ2v) is 11.2. The maximum atomic E-state index is 13.3. The van der Waals surface area contributed by atoms with Crippen LogP contribution in [0.3, 0.4) is 0 Å². The van der Waals surface area contributed by atoms with E-state index in [-0.39, 0.29) is 31.7 Å². The Morgan fingerprint density at radius 1 is 1.05 bits per heavy atom. The van der Waals surface area contributed by atoms with Crippen molar-refractivity contribution in [1.29, 1.82) is 0 Å². The van der Waals surface area contributed by atoms with E-state index in [0.717, 1.165) is 27.9 Å². The number of rotatable bonds is 15. The zero-order valence-electron chi connectivity index (χ0n) is 24.0. The molecule has 0 unspecified atom stereocenters. The number of nitrogens with zero attached hydrogens (tertiary/aromatic N) is 1. The number of esters is 2. The van der Waals surface area contributed by atoms with E-state index >= 15 is 0 Å². The second kappa shape index (κ2) is 15.8. The van der Waals surface area contributed by atoms with Gasteiger partial charge in [0, 0.05) is 60.9 Å². The van der Waals surface area contributed by atoms with E-state index in [4.69, 9.17) is 38.4 Å². The molecule has 0 aliphatic carbocycles. The molecule has 2 rings (SSSR count). The van der Waals surface area contributed by atoms with Crippen LogP contribution in [0.2, 0.25) is 0 Å². The molecule has 0 saturated heterocycles. The van der Waals surface area contributed by atoms with Crippen molar-refractivity contribution in [3.63, 3.8) is 0 Å². The molecule has 2 aromatic rings. The number of hydrogen-bond donors (Lipinski definition) is 2. The summed E-state index contributed by atoms with van der Waals surface area (Å²) in [6, 6.07) is 10.6.